The molecule has 0 aliphatic rings. The second-order valence-corrected chi connectivity index (χ2v) is 3.53. The van der Waals surface area contributed by atoms with E-state index in [2.05, 4.69) is 9.97 Å². The fraction of sp³-hybridized carbons (Fsp3) is 0.167. The minimum atomic E-state index is -0.328. The molecule has 0 saturated heterocycles. The first kappa shape index (κ1) is 10.7. The van der Waals surface area contributed by atoms with Crippen LogP contribution in [0.4, 0.5) is 4.39 Å². The topological polar surface area (TPSA) is 51.8 Å². The van der Waals surface area contributed by atoms with Crippen LogP contribution >= 0.6 is 0 Å². The fourth-order valence-electron chi connectivity index (χ4n) is 1.51. The van der Waals surface area contributed by atoms with Crippen LogP contribution in [0.3, 0.4) is 0 Å². The molecular formula is C12H12FN3. The van der Waals surface area contributed by atoms with Crippen molar-refractivity contribution in [2.75, 3.05) is 0 Å². The number of nitrogens with zero attached hydrogens (tertiary/aromatic N) is 2. The quantitative estimate of drug-likeness (QED) is 0.853. The highest BCUT2D eigenvalue weighted by molar-refractivity contribution is 5.20. The second-order valence-electron chi connectivity index (χ2n) is 3.53. The van der Waals surface area contributed by atoms with Gasteiger partial charge in [0, 0.05) is 18.6 Å². The van der Waals surface area contributed by atoms with Gasteiger partial charge in [0.25, 0.3) is 0 Å². The second kappa shape index (κ2) is 4.81. The molecule has 1 aromatic carbocycles. The Hall–Kier alpha value is -1.81. The van der Waals surface area contributed by atoms with Crippen molar-refractivity contribution >= 4 is 0 Å². The lowest BCUT2D eigenvalue weighted by molar-refractivity contribution is 0.589. The van der Waals surface area contributed by atoms with Crippen molar-refractivity contribution < 1.29 is 4.39 Å². The van der Waals surface area contributed by atoms with Crippen molar-refractivity contribution in [3.8, 4) is 0 Å². The van der Waals surface area contributed by atoms with E-state index in [-0.39, 0.29) is 11.9 Å². The summed E-state index contributed by atoms with van der Waals surface area (Å²) in [6.45, 7) is 0. The van der Waals surface area contributed by atoms with E-state index in [0.29, 0.717) is 17.7 Å². The van der Waals surface area contributed by atoms with E-state index >= 15 is 0 Å². The summed E-state index contributed by atoms with van der Waals surface area (Å²) in [5.74, 6) is -0.234. The molecule has 0 aliphatic heterocycles. The lowest BCUT2D eigenvalue weighted by Crippen LogP contribution is -2.15. The molecule has 0 radical (unpaired) electrons. The summed E-state index contributed by atoms with van der Waals surface area (Å²) in [5.41, 5.74) is 7.20. The van der Waals surface area contributed by atoms with Crippen LogP contribution < -0.4 is 5.73 Å². The number of hydrogen-bond donors (Lipinski definition) is 1. The summed E-state index contributed by atoms with van der Waals surface area (Å²) in [7, 11) is 0. The predicted octanol–water partition coefficient (Wildman–Crippen LogP) is 1.86. The highest BCUT2D eigenvalue weighted by Gasteiger charge is 2.10. The Balaban J connectivity index is 2.14. The van der Waals surface area contributed by atoms with Crippen LogP contribution in [0.5, 0.6) is 0 Å². The number of halogens is 1. The first-order chi connectivity index (χ1) is 7.77. The van der Waals surface area contributed by atoms with Gasteiger partial charge in [-0.15, -0.1) is 0 Å². The molecule has 2 rings (SSSR count). The van der Waals surface area contributed by atoms with Crippen molar-refractivity contribution in [3.05, 3.63) is 59.9 Å². The van der Waals surface area contributed by atoms with Gasteiger partial charge < -0.3 is 5.73 Å². The maximum Gasteiger partial charge on any atom is 0.126 e. The molecule has 2 N–H and O–H groups in total. The number of nitrogens with two attached hydrogens (primary N) is 1. The van der Waals surface area contributed by atoms with E-state index in [1.54, 1.807) is 36.8 Å². The van der Waals surface area contributed by atoms with Crippen LogP contribution in [-0.4, -0.2) is 9.97 Å². The van der Waals surface area contributed by atoms with Gasteiger partial charge in [0.15, 0.2) is 0 Å². The van der Waals surface area contributed by atoms with Crippen LogP contribution in [0.25, 0.3) is 0 Å². The summed E-state index contributed by atoms with van der Waals surface area (Å²) in [6.07, 6.45) is 5.19. The van der Waals surface area contributed by atoms with E-state index in [9.17, 15) is 4.39 Å². The average Bonchev–Trinajstić information content (AvgIpc) is 2.33. The van der Waals surface area contributed by atoms with Gasteiger partial charge in [-0.2, -0.15) is 0 Å². The third kappa shape index (κ3) is 2.41. The van der Waals surface area contributed by atoms with Crippen LogP contribution in [0.2, 0.25) is 0 Å². The van der Waals surface area contributed by atoms with Crippen LogP contribution in [0.1, 0.15) is 17.3 Å². The molecule has 0 aliphatic carbocycles. The zero-order valence-electron chi connectivity index (χ0n) is 8.68. The van der Waals surface area contributed by atoms with Crippen LogP contribution in [0, 0.1) is 5.82 Å². The molecule has 1 heterocycles. The Labute approximate surface area is 93.2 Å². The molecule has 1 unspecified atom stereocenters. The van der Waals surface area contributed by atoms with E-state index in [0.717, 1.165) is 0 Å². The molecule has 0 saturated carbocycles. The first-order valence-electron chi connectivity index (χ1n) is 5.02. The molecule has 2 aromatic rings. The molecule has 0 bridgehead atoms. The number of rotatable bonds is 3. The summed E-state index contributed by atoms with van der Waals surface area (Å²) >= 11 is 0. The molecule has 0 fully saturated rings. The molecule has 4 heteroatoms. The van der Waals surface area contributed by atoms with Crippen molar-refractivity contribution in [1.82, 2.24) is 9.97 Å². The van der Waals surface area contributed by atoms with E-state index in [4.69, 9.17) is 5.73 Å². The minimum Gasteiger partial charge on any atom is -0.322 e. The summed E-state index contributed by atoms with van der Waals surface area (Å²) in [5, 5.41) is 0. The zero-order valence-corrected chi connectivity index (χ0v) is 8.68. The van der Waals surface area contributed by atoms with Crippen molar-refractivity contribution in [1.29, 1.82) is 0 Å². The summed E-state index contributed by atoms with van der Waals surface area (Å²) in [6, 6.07) is 6.28. The predicted molar refractivity (Wildman–Crippen MR) is 59.1 cm³/mol. The molecule has 3 nitrogen and oxygen atoms in total. The van der Waals surface area contributed by atoms with E-state index < -0.39 is 0 Å². The Kier molecular flexibility index (Phi) is 3.22. The molecule has 82 valence electrons. The van der Waals surface area contributed by atoms with E-state index in [1.807, 2.05) is 0 Å². The monoisotopic (exact) mass is 217 g/mol. The zero-order chi connectivity index (χ0) is 11.4. The Bertz CT molecular complexity index is 459. The van der Waals surface area contributed by atoms with Crippen LogP contribution in [0.15, 0.2) is 42.9 Å². The number of hydrogen-bond acceptors (Lipinski definition) is 3. The van der Waals surface area contributed by atoms with Gasteiger partial charge in [0.2, 0.25) is 0 Å². The number of benzene rings is 1. The Morgan fingerprint density at radius 2 is 2.06 bits per heavy atom. The van der Waals surface area contributed by atoms with Crippen molar-refractivity contribution in [2.24, 2.45) is 5.73 Å². The Morgan fingerprint density at radius 1 is 1.25 bits per heavy atom. The van der Waals surface area contributed by atoms with Crippen molar-refractivity contribution in [3.63, 3.8) is 0 Å². The van der Waals surface area contributed by atoms with E-state index in [1.165, 1.54) is 6.07 Å². The van der Waals surface area contributed by atoms with Gasteiger partial charge in [-0.05, 0) is 18.1 Å². The molecule has 0 amide bonds. The molecule has 1 aromatic heterocycles. The highest BCUT2D eigenvalue weighted by atomic mass is 19.1. The third-order valence-corrected chi connectivity index (χ3v) is 2.36. The Morgan fingerprint density at radius 3 is 2.75 bits per heavy atom. The van der Waals surface area contributed by atoms with Gasteiger partial charge in [0.05, 0.1) is 11.7 Å². The molecule has 1 atom stereocenters. The largest absolute Gasteiger partial charge is 0.322 e. The minimum absolute atomic E-state index is 0.234. The summed E-state index contributed by atoms with van der Waals surface area (Å²) in [4.78, 5) is 8.03. The molecular weight excluding hydrogens is 205 g/mol. The first-order valence-corrected chi connectivity index (χ1v) is 5.02. The third-order valence-electron chi connectivity index (χ3n) is 2.36. The SMILES string of the molecule is NC(Cc1ccccc1F)c1cnccn1. The molecule has 16 heavy (non-hydrogen) atoms. The van der Waals surface area contributed by atoms with Gasteiger partial charge in [0.1, 0.15) is 5.82 Å². The molecule has 0 spiro atoms. The normalized spacial score (nSPS) is 12.4. The van der Waals surface area contributed by atoms with Crippen molar-refractivity contribution in [2.45, 2.75) is 12.5 Å². The van der Waals surface area contributed by atoms with Gasteiger partial charge in [-0.1, -0.05) is 18.2 Å². The van der Waals surface area contributed by atoms with Gasteiger partial charge >= 0.3 is 0 Å². The average molecular weight is 217 g/mol. The fourth-order valence-corrected chi connectivity index (χ4v) is 1.51. The summed E-state index contributed by atoms with van der Waals surface area (Å²) < 4.78 is 13.4. The number of aromatic nitrogens is 2. The lowest BCUT2D eigenvalue weighted by atomic mass is 10.0. The smallest absolute Gasteiger partial charge is 0.126 e. The maximum atomic E-state index is 13.4. The standard InChI is InChI=1S/C12H12FN3/c13-10-4-2-1-3-9(10)7-11(14)12-8-15-5-6-16-12/h1-6,8,11H,7,14H2. The van der Waals surface area contributed by atoms with Gasteiger partial charge in [-0.3, -0.25) is 9.97 Å². The maximum absolute atomic E-state index is 13.4. The lowest BCUT2D eigenvalue weighted by Gasteiger charge is -2.10. The van der Waals surface area contributed by atoms with Gasteiger partial charge in [-0.25, -0.2) is 4.39 Å². The van der Waals surface area contributed by atoms with Crippen LogP contribution in [-0.2, 0) is 6.42 Å². The highest BCUT2D eigenvalue weighted by Crippen LogP contribution is 2.15.